The predicted molar refractivity (Wildman–Crippen MR) is 104 cm³/mol. The van der Waals surface area contributed by atoms with Crippen molar-refractivity contribution in [2.45, 2.75) is 13.0 Å². The van der Waals surface area contributed by atoms with Crippen molar-refractivity contribution >= 4 is 34.7 Å². The van der Waals surface area contributed by atoms with Gasteiger partial charge in [-0.1, -0.05) is 30.3 Å². The summed E-state index contributed by atoms with van der Waals surface area (Å²) in [5.41, 5.74) is 3.57. The molecule has 0 aliphatic carbocycles. The number of benzene rings is 2. The number of amides is 1. The van der Waals surface area contributed by atoms with Crippen molar-refractivity contribution in [2.75, 3.05) is 13.7 Å². The van der Waals surface area contributed by atoms with Gasteiger partial charge in [-0.05, 0) is 52.8 Å². The van der Waals surface area contributed by atoms with Gasteiger partial charge in [-0.15, -0.1) is 0 Å². The minimum atomic E-state index is -1.27. The fourth-order valence-corrected chi connectivity index (χ4v) is 2.90. The van der Waals surface area contributed by atoms with E-state index in [2.05, 4.69) is 33.1 Å². The lowest BCUT2D eigenvalue weighted by Gasteiger charge is -2.12. The van der Waals surface area contributed by atoms with Crippen molar-refractivity contribution in [3.8, 4) is 11.5 Å². The summed E-state index contributed by atoms with van der Waals surface area (Å²) in [4.78, 5) is 11.9. The van der Waals surface area contributed by atoms with Gasteiger partial charge >= 0.3 is 0 Å². The molecule has 0 aliphatic heterocycles. The summed E-state index contributed by atoms with van der Waals surface area (Å²) < 4.78 is 11.8. The quantitative estimate of drug-likeness (QED) is 0.383. The number of nitrogens with zero attached hydrogens (tertiary/aromatic N) is 1. The molecule has 6 nitrogen and oxygen atoms in total. The minimum absolute atomic E-state index is 0.507. The minimum Gasteiger partial charge on any atom is -0.493 e. The molecule has 0 aliphatic rings. The first kappa shape index (κ1) is 19.2. The molecule has 0 saturated heterocycles. The lowest BCUT2D eigenvalue weighted by Crippen LogP contribution is -2.25. The van der Waals surface area contributed by atoms with Crippen LogP contribution in [0.2, 0.25) is 0 Å². The Balaban J connectivity index is 2.06. The summed E-state index contributed by atoms with van der Waals surface area (Å²) >= 11 is 2.15. The third-order valence-corrected chi connectivity index (χ3v) is 4.09. The Kier molecular flexibility index (Phi) is 7.20. The van der Waals surface area contributed by atoms with Crippen molar-refractivity contribution in [1.29, 1.82) is 0 Å². The van der Waals surface area contributed by atoms with Crippen LogP contribution in [0.5, 0.6) is 11.5 Å². The molecule has 7 heteroatoms. The van der Waals surface area contributed by atoms with Crippen LogP contribution in [0.3, 0.4) is 0 Å². The van der Waals surface area contributed by atoms with E-state index in [1.54, 1.807) is 37.4 Å². The fourth-order valence-electron chi connectivity index (χ4n) is 2.12. The number of hydrazone groups is 1. The van der Waals surface area contributed by atoms with Gasteiger partial charge in [0.2, 0.25) is 0 Å². The first-order chi connectivity index (χ1) is 12.1. The number of hydrogen-bond acceptors (Lipinski definition) is 5. The van der Waals surface area contributed by atoms with E-state index in [0.717, 1.165) is 9.13 Å². The smallest absolute Gasteiger partial charge is 0.273 e. The van der Waals surface area contributed by atoms with Crippen LogP contribution in [-0.2, 0) is 4.79 Å². The lowest BCUT2D eigenvalue weighted by atomic mass is 10.1. The summed E-state index contributed by atoms with van der Waals surface area (Å²) in [5.74, 6) is 0.659. The third kappa shape index (κ3) is 5.17. The van der Waals surface area contributed by atoms with Gasteiger partial charge in [0.15, 0.2) is 17.6 Å². The van der Waals surface area contributed by atoms with Crippen molar-refractivity contribution in [3.05, 3.63) is 57.2 Å². The zero-order valence-corrected chi connectivity index (χ0v) is 16.1. The zero-order valence-electron chi connectivity index (χ0n) is 13.9. The number of methoxy groups -OCH3 is 1. The van der Waals surface area contributed by atoms with Crippen molar-refractivity contribution in [1.82, 2.24) is 5.43 Å². The van der Waals surface area contributed by atoms with Crippen LogP contribution in [0, 0.1) is 3.57 Å². The van der Waals surface area contributed by atoms with E-state index in [1.165, 1.54) is 6.21 Å². The Morgan fingerprint density at radius 2 is 2.08 bits per heavy atom. The highest BCUT2D eigenvalue weighted by Crippen LogP contribution is 2.33. The number of carbonyl (C=O) groups is 1. The molecule has 0 radical (unpaired) electrons. The number of aliphatic hydroxyl groups excluding tert-OH is 1. The Bertz CT molecular complexity index is 750. The van der Waals surface area contributed by atoms with E-state index < -0.39 is 12.0 Å². The molecule has 0 heterocycles. The second-order valence-electron chi connectivity index (χ2n) is 5.01. The number of hydrogen-bond donors (Lipinski definition) is 2. The van der Waals surface area contributed by atoms with Gasteiger partial charge in [-0.3, -0.25) is 4.79 Å². The maximum atomic E-state index is 11.9. The van der Waals surface area contributed by atoms with E-state index >= 15 is 0 Å². The predicted octanol–water partition coefficient (Wildman–Crippen LogP) is 2.88. The Hall–Kier alpha value is -2.13. The highest BCUT2D eigenvalue weighted by molar-refractivity contribution is 14.1. The maximum absolute atomic E-state index is 11.9. The van der Waals surface area contributed by atoms with E-state index in [9.17, 15) is 9.90 Å². The van der Waals surface area contributed by atoms with Crippen LogP contribution in [0.1, 0.15) is 24.2 Å². The summed E-state index contributed by atoms with van der Waals surface area (Å²) in [7, 11) is 1.56. The Morgan fingerprint density at radius 1 is 1.36 bits per heavy atom. The molecule has 0 saturated carbocycles. The number of halogens is 1. The molecular weight excluding hydrogens is 435 g/mol. The molecule has 0 spiro atoms. The second-order valence-corrected chi connectivity index (χ2v) is 6.18. The summed E-state index contributed by atoms with van der Waals surface area (Å²) in [5, 5.41) is 13.9. The molecule has 2 rings (SSSR count). The molecule has 1 amide bonds. The fraction of sp³-hybridized carbons (Fsp3) is 0.222. The molecule has 2 aromatic carbocycles. The second kappa shape index (κ2) is 9.38. The van der Waals surface area contributed by atoms with Crippen LogP contribution >= 0.6 is 22.6 Å². The number of rotatable bonds is 7. The number of nitrogens with one attached hydrogen (secondary N) is 1. The standard InChI is InChI=1S/C18H19IN2O4/c1-3-25-17-14(19)9-12(10-15(17)24-2)11-20-21-18(23)16(22)13-7-5-4-6-8-13/h4-11,16,22H,3H2,1-2H3,(H,21,23)/b20-11-/t16-/m0/s1. The Labute approximate surface area is 160 Å². The average Bonchev–Trinajstić information content (AvgIpc) is 2.63. The largest absolute Gasteiger partial charge is 0.493 e. The van der Waals surface area contributed by atoms with Gasteiger partial charge < -0.3 is 14.6 Å². The van der Waals surface area contributed by atoms with Gasteiger partial charge in [0.05, 0.1) is 23.5 Å². The molecule has 2 N–H and O–H groups in total. The van der Waals surface area contributed by atoms with Crippen molar-refractivity contribution in [2.24, 2.45) is 5.10 Å². The highest BCUT2D eigenvalue weighted by Gasteiger charge is 2.16. The molecular formula is C18H19IN2O4. The molecule has 0 aromatic heterocycles. The molecule has 0 fully saturated rings. The van der Waals surface area contributed by atoms with Gasteiger partial charge in [-0.25, -0.2) is 5.43 Å². The number of carbonyl (C=O) groups excluding carboxylic acids is 1. The van der Waals surface area contributed by atoms with Crippen LogP contribution in [0.25, 0.3) is 0 Å². The van der Waals surface area contributed by atoms with Gasteiger partial charge in [0, 0.05) is 0 Å². The van der Waals surface area contributed by atoms with Crippen molar-refractivity contribution in [3.63, 3.8) is 0 Å². The van der Waals surface area contributed by atoms with Gasteiger partial charge in [-0.2, -0.15) is 5.10 Å². The topological polar surface area (TPSA) is 80.2 Å². The summed E-state index contributed by atoms with van der Waals surface area (Å²) in [6, 6.07) is 12.3. The highest BCUT2D eigenvalue weighted by atomic mass is 127. The van der Waals surface area contributed by atoms with E-state index in [-0.39, 0.29) is 0 Å². The van der Waals surface area contributed by atoms with Crippen molar-refractivity contribution < 1.29 is 19.4 Å². The summed E-state index contributed by atoms with van der Waals surface area (Å²) in [6.45, 7) is 2.44. The SMILES string of the molecule is CCOc1c(I)cc(/C=N\NC(=O)[C@@H](O)c2ccccc2)cc1OC. The molecule has 25 heavy (non-hydrogen) atoms. The van der Waals surface area contributed by atoms with E-state index in [1.807, 2.05) is 19.1 Å². The molecule has 0 unspecified atom stereocenters. The van der Waals surface area contributed by atoms with Gasteiger partial charge in [0.1, 0.15) is 0 Å². The first-order valence-corrected chi connectivity index (χ1v) is 8.71. The van der Waals surface area contributed by atoms with E-state index in [0.29, 0.717) is 23.7 Å². The van der Waals surface area contributed by atoms with Crippen LogP contribution < -0.4 is 14.9 Å². The van der Waals surface area contributed by atoms with Crippen LogP contribution in [-0.4, -0.2) is 30.9 Å². The molecule has 1 atom stereocenters. The zero-order chi connectivity index (χ0) is 18.2. The third-order valence-electron chi connectivity index (χ3n) is 3.29. The Morgan fingerprint density at radius 3 is 2.72 bits per heavy atom. The number of aliphatic hydroxyl groups is 1. The lowest BCUT2D eigenvalue weighted by molar-refractivity contribution is -0.129. The summed E-state index contributed by atoms with van der Waals surface area (Å²) in [6.07, 6.45) is 0.212. The molecule has 132 valence electrons. The molecule has 2 aromatic rings. The van der Waals surface area contributed by atoms with Gasteiger partial charge in [0.25, 0.3) is 5.91 Å². The molecule has 0 bridgehead atoms. The normalized spacial score (nSPS) is 12.0. The number of ether oxygens (including phenoxy) is 2. The monoisotopic (exact) mass is 454 g/mol. The maximum Gasteiger partial charge on any atom is 0.273 e. The van der Waals surface area contributed by atoms with Crippen LogP contribution in [0.15, 0.2) is 47.6 Å². The van der Waals surface area contributed by atoms with Crippen LogP contribution in [0.4, 0.5) is 0 Å². The average molecular weight is 454 g/mol. The first-order valence-electron chi connectivity index (χ1n) is 7.63. The van der Waals surface area contributed by atoms with E-state index in [4.69, 9.17) is 9.47 Å².